The lowest BCUT2D eigenvalue weighted by Gasteiger charge is -2.18. The van der Waals surface area contributed by atoms with E-state index in [0.29, 0.717) is 26.1 Å². The van der Waals surface area contributed by atoms with Gasteiger partial charge in [-0.2, -0.15) is 0 Å². The third kappa shape index (κ3) is 4.03. The molecule has 1 fully saturated rings. The standard InChI is InChI=1S/C9H17NO5/c1-2-7(11)8(12)10-9(13)15-6-3-4-14-5-6/h6-8,11-12H,2-5H2,1H3,(H,10,13)/t6-,7?,8?/m0/s1. The van der Waals surface area contributed by atoms with Crippen LogP contribution in [-0.4, -0.2) is 48.0 Å². The molecule has 1 heterocycles. The van der Waals surface area contributed by atoms with Gasteiger partial charge >= 0.3 is 6.09 Å². The number of ether oxygens (including phenoxy) is 2. The zero-order chi connectivity index (χ0) is 11.3. The highest BCUT2D eigenvalue weighted by Gasteiger charge is 2.22. The Morgan fingerprint density at radius 2 is 2.40 bits per heavy atom. The van der Waals surface area contributed by atoms with E-state index in [0.717, 1.165) is 0 Å². The summed E-state index contributed by atoms with van der Waals surface area (Å²) < 4.78 is 9.95. The Hall–Kier alpha value is -0.850. The normalized spacial score (nSPS) is 24.6. The topological polar surface area (TPSA) is 88.0 Å². The van der Waals surface area contributed by atoms with E-state index >= 15 is 0 Å². The average molecular weight is 219 g/mol. The van der Waals surface area contributed by atoms with Crippen LogP contribution in [0.5, 0.6) is 0 Å². The molecule has 15 heavy (non-hydrogen) atoms. The quantitative estimate of drug-likeness (QED) is 0.559. The van der Waals surface area contributed by atoms with Crippen molar-refractivity contribution in [3.8, 4) is 0 Å². The van der Waals surface area contributed by atoms with Crippen molar-refractivity contribution in [2.24, 2.45) is 0 Å². The molecule has 1 aliphatic rings. The summed E-state index contributed by atoms with van der Waals surface area (Å²) in [5.74, 6) is 0. The highest BCUT2D eigenvalue weighted by Crippen LogP contribution is 2.08. The fourth-order valence-corrected chi connectivity index (χ4v) is 1.23. The third-order valence-corrected chi connectivity index (χ3v) is 2.21. The minimum absolute atomic E-state index is 0.254. The molecule has 0 spiro atoms. The van der Waals surface area contributed by atoms with Crippen LogP contribution in [0, 0.1) is 0 Å². The van der Waals surface area contributed by atoms with E-state index in [-0.39, 0.29) is 6.10 Å². The second-order valence-electron chi connectivity index (χ2n) is 3.46. The molecule has 1 saturated heterocycles. The molecule has 0 aromatic carbocycles. The molecule has 0 bridgehead atoms. The van der Waals surface area contributed by atoms with E-state index < -0.39 is 18.4 Å². The number of carbonyl (C=O) groups is 1. The molecular weight excluding hydrogens is 202 g/mol. The van der Waals surface area contributed by atoms with Crippen LogP contribution in [0.25, 0.3) is 0 Å². The molecule has 1 amide bonds. The molecule has 1 aliphatic heterocycles. The fraction of sp³-hybridized carbons (Fsp3) is 0.889. The Labute approximate surface area is 88.2 Å². The molecule has 88 valence electrons. The van der Waals surface area contributed by atoms with Gasteiger partial charge in [0, 0.05) is 6.42 Å². The largest absolute Gasteiger partial charge is 0.444 e. The van der Waals surface area contributed by atoms with Gasteiger partial charge in [0.2, 0.25) is 0 Å². The van der Waals surface area contributed by atoms with Gasteiger partial charge in [-0.05, 0) is 6.42 Å². The lowest BCUT2D eigenvalue weighted by atomic mass is 10.2. The van der Waals surface area contributed by atoms with E-state index in [1.165, 1.54) is 0 Å². The number of rotatable bonds is 4. The van der Waals surface area contributed by atoms with Gasteiger partial charge in [0.1, 0.15) is 6.10 Å². The van der Waals surface area contributed by atoms with E-state index in [4.69, 9.17) is 9.47 Å². The zero-order valence-electron chi connectivity index (χ0n) is 8.68. The van der Waals surface area contributed by atoms with Crippen LogP contribution in [0.1, 0.15) is 19.8 Å². The second-order valence-corrected chi connectivity index (χ2v) is 3.46. The molecule has 6 heteroatoms. The average Bonchev–Trinajstić information content (AvgIpc) is 2.68. The molecular formula is C9H17NO5. The first-order valence-corrected chi connectivity index (χ1v) is 5.04. The van der Waals surface area contributed by atoms with E-state index in [2.05, 4.69) is 5.32 Å². The van der Waals surface area contributed by atoms with Crippen LogP contribution in [0.3, 0.4) is 0 Å². The van der Waals surface area contributed by atoms with Crippen molar-refractivity contribution in [2.45, 2.75) is 38.2 Å². The maximum atomic E-state index is 11.2. The number of nitrogens with one attached hydrogen (secondary N) is 1. The highest BCUT2D eigenvalue weighted by atomic mass is 16.6. The van der Waals surface area contributed by atoms with Crippen molar-refractivity contribution in [3.05, 3.63) is 0 Å². The van der Waals surface area contributed by atoms with Crippen molar-refractivity contribution >= 4 is 6.09 Å². The summed E-state index contributed by atoms with van der Waals surface area (Å²) in [6.07, 6.45) is -2.22. The van der Waals surface area contributed by atoms with Gasteiger partial charge in [0.25, 0.3) is 0 Å². The van der Waals surface area contributed by atoms with Crippen LogP contribution in [0.2, 0.25) is 0 Å². The van der Waals surface area contributed by atoms with E-state index in [1.807, 2.05) is 0 Å². The van der Waals surface area contributed by atoms with Crippen LogP contribution in [0.15, 0.2) is 0 Å². The van der Waals surface area contributed by atoms with Crippen LogP contribution in [0.4, 0.5) is 4.79 Å². The first kappa shape index (κ1) is 12.2. The molecule has 0 aliphatic carbocycles. The Bertz CT molecular complexity index is 205. The second kappa shape index (κ2) is 5.89. The summed E-state index contributed by atoms with van der Waals surface area (Å²) in [4.78, 5) is 11.2. The zero-order valence-corrected chi connectivity index (χ0v) is 8.68. The van der Waals surface area contributed by atoms with Crippen LogP contribution >= 0.6 is 0 Å². The van der Waals surface area contributed by atoms with E-state index in [1.54, 1.807) is 6.92 Å². The number of aliphatic hydroxyl groups excluding tert-OH is 2. The van der Waals surface area contributed by atoms with Crippen molar-refractivity contribution < 1.29 is 24.5 Å². The lowest BCUT2D eigenvalue weighted by molar-refractivity contribution is -0.00870. The highest BCUT2D eigenvalue weighted by molar-refractivity contribution is 5.67. The number of alkyl carbamates (subject to hydrolysis) is 1. The van der Waals surface area contributed by atoms with Gasteiger partial charge in [-0.15, -0.1) is 0 Å². The molecule has 6 nitrogen and oxygen atoms in total. The fourth-order valence-electron chi connectivity index (χ4n) is 1.23. The Morgan fingerprint density at radius 3 is 2.93 bits per heavy atom. The number of hydrogen-bond donors (Lipinski definition) is 3. The van der Waals surface area contributed by atoms with Gasteiger partial charge in [-0.3, -0.25) is 5.32 Å². The summed E-state index contributed by atoms with van der Waals surface area (Å²) >= 11 is 0. The van der Waals surface area contributed by atoms with Crippen molar-refractivity contribution in [1.29, 1.82) is 0 Å². The first-order chi connectivity index (χ1) is 7.13. The summed E-state index contributed by atoms with van der Waals surface area (Å²) in [5.41, 5.74) is 0. The van der Waals surface area contributed by atoms with Crippen molar-refractivity contribution in [2.75, 3.05) is 13.2 Å². The number of hydrogen-bond acceptors (Lipinski definition) is 5. The molecule has 0 radical (unpaired) electrons. The van der Waals surface area contributed by atoms with Crippen molar-refractivity contribution in [3.63, 3.8) is 0 Å². The minimum Gasteiger partial charge on any atom is -0.444 e. The third-order valence-electron chi connectivity index (χ3n) is 2.21. The SMILES string of the molecule is CCC(O)C(O)NC(=O)O[C@H]1CCOC1. The van der Waals surface area contributed by atoms with Crippen LogP contribution in [-0.2, 0) is 9.47 Å². The minimum atomic E-state index is -1.29. The predicted octanol–water partition coefficient (Wildman–Crippen LogP) is -0.409. The summed E-state index contributed by atoms with van der Waals surface area (Å²) in [7, 11) is 0. The summed E-state index contributed by atoms with van der Waals surface area (Å²) in [6, 6.07) is 0. The molecule has 3 atom stereocenters. The molecule has 0 aromatic heterocycles. The number of amides is 1. The molecule has 1 rings (SSSR count). The number of carbonyl (C=O) groups excluding carboxylic acids is 1. The van der Waals surface area contributed by atoms with Crippen LogP contribution < -0.4 is 5.32 Å². The maximum absolute atomic E-state index is 11.2. The lowest BCUT2D eigenvalue weighted by Crippen LogP contribution is -2.44. The Kier molecular flexibility index (Phi) is 4.80. The summed E-state index contributed by atoms with van der Waals surface area (Å²) in [5, 5.41) is 20.6. The summed E-state index contributed by atoms with van der Waals surface area (Å²) in [6.45, 7) is 2.67. The monoisotopic (exact) mass is 219 g/mol. The van der Waals surface area contributed by atoms with Gasteiger partial charge < -0.3 is 19.7 Å². The Morgan fingerprint density at radius 1 is 1.67 bits per heavy atom. The molecule has 0 aromatic rings. The van der Waals surface area contributed by atoms with Gasteiger partial charge in [0.05, 0.1) is 19.3 Å². The van der Waals surface area contributed by atoms with Gasteiger partial charge in [0.15, 0.2) is 6.23 Å². The molecule has 2 unspecified atom stereocenters. The van der Waals surface area contributed by atoms with Crippen molar-refractivity contribution in [1.82, 2.24) is 5.32 Å². The first-order valence-electron chi connectivity index (χ1n) is 5.04. The van der Waals surface area contributed by atoms with E-state index in [9.17, 15) is 15.0 Å². The van der Waals surface area contributed by atoms with Gasteiger partial charge in [-0.25, -0.2) is 4.79 Å². The maximum Gasteiger partial charge on any atom is 0.409 e. The smallest absolute Gasteiger partial charge is 0.409 e. The molecule has 0 saturated carbocycles. The Balaban J connectivity index is 2.22. The molecule has 3 N–H and O–H groups in total. The number of aliphatic hydroxyl groups is 2. The van der Waals surface area contributed by atoms with Gasteiger partial charge in [-0.1, -0.05) is 6.92 Å². The predicted molar refractivity (Wildman–Crippen MR) is 51.1 cm³/mol.